The van der Waals surface area contributed by atoms with Crippen molar-refractivity contribution in [1.82, 2.24) is 0 Å². The molecule has 0 N–H and O–H groups in total. The Balaban J connectivity index is 2.05. The second-order valence-corrected chi connectivity index (χ2v) is 6.62. The molecule has 0 amide bonds. The summed E-state index contributed by atoms with van der Waals surface area (Å²) in [5.74, 6) is 0. The Kier molecular flexibility index (Phi) is 4.61. The van der Waals surface area contributed by atoms with Crippen LogP contribution in [0.3, 0.4) is 0 Å². The maximum atomic E-state index is 10.6. The zero-order valence-electron chi connectivity index (χ0n) is 11.3. The van der Waals surface area contributed by atoms with Crippen LogP contribution >= 0.6 is 15.9 Å². The number of alkyl halides is 1. The highest BCUT2D eigenvalue weighted by Crippen LogP contribution is 2.47. The van der Waals surface area contributed by atoms with Crippen LogP contribution < -0.4 is 0 Å². The van der Waals surface area contributed by atoms with Crippen LogP contribution in [0.15, 0.2) is 24.3 Å². The quantitative estimate of drug-likeness (QED) is 0.440. The number of benzene rings is 1. The predicted molar refractivity (Wildman–Crippen MR) is 80.7 cm³/mol. The summed E-state index contributed by atoms with van der Waals surface area (Å²) in [6, 6.07) is 6.96. The number of halogens is 1. The molecule has 19 heavy (non-hydrogen) atoms. The Morgan fingerprint density at radius 2 is 1.89 bits per heavy atom. The normalized spacial score (nSPS) is 19.3. The van der Waals surface area contributed by atoms with Crippen molar-refractivity contribution in [2.45, 2.75) is 50.3 Å². The third kappa shape index (κ3) is 3.16. The number of nitrogens with zero attached hydrogens (tertiary/aromatic N) is 1. The van der Waals surface area contributed by atoms with Crippen molar-refractivity contribution >= 4 is 21.6 Å². The minimum atomic E-state index is -0.347. The standard InChI is InChI=1S/C15H20BrNO2/c1-2-15(9-3-4-10-15)14(16)11-12-5-7-13(8-6-12)17(18)19/h5-8,14H,2-4,9-11H2,1H3. The summed E-state index contributed by atoms with van der Waals surface area (Å²) in [6.07, 6.45) is 7.41. The molecule has 1 aromatic carbocycles. The maximum Gasteiger partial charge on any atom is 0.269 e. The average Bonchev–Trinajstić information content (AvgIpc) is 2.89. The molecule has 1 fully saturated rings. The molecule has 0 radical (unpaired) electrons. The minimum Gasteiger partial charge on any atom is -0.258 e. The van der Waals surface area contributed by atoms with Crippen LogP contribution in [0.4, 0.5) is 5.69 Å². The summed E-state index contributed by atoms with van der Waals surface area (Å²) in [4.78, 5) is 10.8. The van der Waals surface area contributed by atoms with Gasteiger partial charge in [-0.05, 0) is 36.7 Å². The first-order valence-corrected chi connectivity index (χ1v) is 7.86. The van der Waals surface area contributed by atoms with Crippen LogP contribution in [0.5, 0.6) is 0 Å². The van der Waals surface area contributed by atoms with Crippen molar-refractivity contribution in [3.8, 4) is 0 Å². The zero-order chi connectivity index (χ0) is 13.9. The second kappa shape index (κ2) is 6.04. The van der Waals surface area contributed by atoms with Crippen LogP contribution in [0, 0.1) is 15.5 Å². The first kappa shape index (κ1) is 14.5. The highest BCUT2D eigenvalue weighted by Gasteiger charge is 2.38. The summed E-state index contributed by atoms with van der Waals surface area (Å²) in [6.45, 7) is 2.27. The molecular weight excluding hydrogens is 306 g/mol. The number of hydrogen-bond donors (Lipinski definition) is 0. The molecule has 2 rings (SSSR count). The van der Waals surface area contributed by atoms with Gasteiger partial charge in [-0.2, -0.15) is 0 Å². The van der Waals surface area contributed by atoms with E-state index in [1.807, 2.05) is 12.1 Å². The van der Waals surface area contributed by atoms with Crippen molar-refractivity contribution in [2.24, 2.45) is 5.41 Å². The van der Waals surface area contributed by atoms with E-state index >= 15 is 0 Å². The molecule has 104 valence electrons. The molecule has 0 aromatic heterocycles. The Hall–Kier alpha value is -0.900. The average molecular weight is 326 g/mol. The SMILES string of the molecule is CCC1(C(Br)Cc2ccc([N+](=O)[O-])cc2)CCCC1. The number of nitro groups is 1. The summed E-state index contributed by atoms with van der Waals surface area (Å²) >= 11 is 3.87. The Labute approximate surface area is 122 Å². The molecule has 4 heteroatoms. The fraction of sp³-hybridized carbons (Fsp3) is 0.600. The van der Waals surface area contributed by atoms with Gasteiger partial charge in [0, 0.05) is 17.0 Å². The monoisotopic (exact) mass is 325 g/mol. The third-order valence-corrected chi connectivity index (χ3v) is 5.82. The van der Waals surface area contributed by atoms with E-state index in [0.717, 1.165) is 6.42 Å². The number of hydrogen-bond acceptors (Lipinski definition) is 2. The van der Waals surface area contributed by atoms with E-state index in [0.29, 0.717) is 10.2 Å². The molecule has 1 aliphatic rings. The molecule has 3 nitrogen and oxygen atoms in total. The van der Waals surface area contributed by atoms with Crippen LogP contribution in [-0.2, 0) is 6.42 Å². The smallest absolute Gasteiger partial charge is 0.258 e. The summed E-state index contributed by atoms with van der Waals surface area (Å²) in [5.41, 5.74) is 1.76. The number of nitro benzene ring substituents is 1. The van der Waals surface area contributed by atoms with Gasteiger partial charge in [0.1, 0.15) is 0 Å². The van der Waals surface area contributed by atoms with E-state index in [4.69, 9.17) is 0 Å². The largest absolute Gasteiger partial charge is 0.269 e. The summed E-state index contributed by atoms with van der Waals surface area (Å²) < 4.78 is 0. The number of rotatable bonds is 5. The molecule has 1 atom stereocenters. The van der Waals surface area contributed by atoms with Crippen LogP contribution in [0.25, 0.3) is 0 Å². The van der Waals surface area contributed by atoms with E-state index < -0.39 is 0 Å². The molecule has 0 spiro atoms. The van der Waals surface area contributed by atoms with Gasteiger partial charge < -0.3 is 0 Å². The zero-order valence-corrected chi connectivity index (χ0v) is 12.9. The Morgan fingerprint density at radius 1 is 1.32 bits per heavy atom. The Morgan fingerprint density at radius 3 is 2.37 bits per heavy atom. The highest BCUT2D eigenvalue weighted by molar-refractivity contribution is 9.09. The maximum absolute atomic E-state index is 10.6. The van der Waals surface area contributed by atoms with Gasteiger partial charge in [0.15, 0.2) is 0 Å². The highest BCUT2D eigenvalue weighted by atomic mass is 79.9. The van der Waals surface area contributed by atoms with E-state index in [2.05, 4.69) is 22.9 Å². The molecule has 0 aliphatic heterocycles. The van der Waals surface area contributed by atoms with Crippen molar-refractivity contribution in [1.29, 1.82) is 0 Å². The van der Waals surface area contributed by atoms with Crippen LogP contribution in [-0.4, -0.2) is 9.75 Å². The van der Waals surface area contributed by atoms with Gasteiger partial charge in [-0.1, -0.05) is 47.8 Å². The van der Waals surface area contributed by atoms with Gasteiger partial charge in [-0.25, -0.2) is 0 Å². The van der Waals surface area contributed by atoms with E-state index in [1.54, 1.807) is 12.1 Å². The fourth-order valence-corrected chi connectivity index (χ4v) is 4.30. The fourth-order valence-electron chi connectivity index (χ4n) is 3.14. The van der Waals surface area contributed by atoms with Gasteiger partial charge in [0.2, 0.25) is 0 Å². The van der Waals surface area contributed by atoms with E-state index in [9.17, 15) is 10.1 Å². The van der Waals surface area contributed by atoms with Gasteiger partial charge >= 0.3 is 0 Å². The van der Waals surface area contributed by atoms with Crippen molar-refractivity contribution < 1.29 is 4.92 Å². The lowest BCUT2D eigenvalue weighted by Crippen LogP contribution is -2.29. The predicted octanol–water partition coefficient (Wildman–Crippen LogP) is 4.87. The van der Waals surface area contributed by atoms with Gasteiger partial charge in [0.05, 0.1) is 4.92 Å². The van der Waals surface area contributed by atoms with E-state index in [1.165, 1.54) is 37.7 Å². The van der Waals surface area contributed by atoms with Gasteiger partial charge in [-0.15, -0.1) is 0 Å². The molecule has 1 saturated carbocycles. The Bertz CT molecular complexity index is 438. The molecule has 1 aliphatic carbocycles. The topological polar surface area (TPSA) is 43.1 Å². The van der Waals surface area contributed by atoms with Gasteiger partial charge in [-0.3, -0.25) is 10.1 Å². The minimum absolute atomic E-state index is 0.168. The molecular formula is C15H20BrNO2. The van der Waals surface area contributed by atoms with Crippen molar-refractivity contribution in [3.05, 3.63) is 39.9 Å². The first-order valence-electron chi connectivity index (χ1n) is 6.95. The molecule has 0 heterocycles. The lowest BCUT2D eigenvalue weighted by molar-refractivity contribution is -0.384. The first-order chi connectivity index (χ1) is 9.07. The van der Waals surface area contributed by atoms with Crippen molar-refractivity contribution in [2.75, 3.05) is 0 Å². The summed E-state index contributed by atoms with van der Waals surface area (Å²) in [5, 5.41) is 10.6. The van der Waals surface area contributed by atoms with Crippen LogP contribution in [0.2, 0.25) is 0 Å². The molecule has 0 saturated heterocycles. The lowest BCUT2D eigenvalue weighted by atomic mass is 9.78. The van der Waals surface area contributed by atoms with E-state index in [-0.39, 0.29) is 10.6 Å². The summed E-state index contributed by atoms with van der Waals surface area (Å²) in [7, 11) is 0. The van der Waals surface area contributed by atoms with Crippen LogP contribution in [0.1, 0.15) is 44.6 Å². The molecule has 1 unspecified atom stereocenters. The molecule has 0 bridgehead atoms. The lowest BCUT2D eigenvalue weighted by Gasteiger charge is -2.33. The molecule has 1 aromatic rings. The number of non-ortho nitro benzene ring substituents is 1. The van der Waals surface area contributed by atoms with Crippen molar-refractivity contribution in [3.63, 3.8) is 0 Å². The second-order valence-electron chi connectivity index (χ2n) is 5.52. The van der Waals surface area contributed by atoms with Gasteiger partial charge in [0.25, 0.3) is 5.69 Å². The third-order valence-electron chi connectivity index (χ3n) is 4.53.